The lowest BCUT2D eigenvalue weighted by Gasteiger charge is -2.24. The van der Waals surface area contributed by atoms with Crippen molar-refractivity contribution < 1.29 is 58.7 Å². The Morgan fingerprint density at radius 3 is 1.45 bits per heavy atom. The summed E-state index contributed by atoms with van der Waals surface area (Å²) in [5, 5.41) is 47.9. The summed E-state index contributed by atoms with van der Waals surface area (Å²) in [5.74, 6) is -2.74. The van der Waals surface area contributed by atoms with Gasteiger partial charge in [-0.3, -0.25) is 14.4 Å². The summed E-state index contributed by atoms with van der Waals surface area (Å²) in [6.45, 7) is 2.82. The number of carboxylic acids is 2. The number of amides is 4. The van der Waals surface area contributed by atoms with Crippen molar-refractivity contribution in [2.75, 3.05) is 24.6 Å². The van der Waals surface area contributed by atoms with Crippen molar-refractivity contribution in [2.24, 2.45) is 17.2 Å². The second-order valence-electron chi connectivity index (χ2n) is 14.7. The van der Waals surface area contributed by atoms with Gasteiger partial charge in [-0.15, -0.1) is 0 Å². The van der Waals surface area contributed by atoms with Crippen LogP contribution in [-0.4, -0.2) is 117 Å². The fourth-order valence-electron chi connectivity index (χ4n) is 5.65. The number of rotatable bonds is 32. The Balaban J connectivity index is 0.00000181. The molecule has 5 atom stereocenters. The van der Waals surface area contributed by atoms with Crippen molar-refractivity contribution in [3.8, 4) is 0 Å². The molecule has 2 aromatic rings. The molecule has 0 heterocycles. The van der Waals surface area contributed by atoms with Crippen molar-refractivity contribution in [1.82, 2.24) is 21.3 Å². The van der Waals surface area contributed by atoms with Gasteiger partial charge in [0, 0.05) is 11.5 Å². The number of aliphatic hydroxyl groups is 2. The lowest BCUT2D eigenvalue weighted by atomic mass is 10.1. The topological polar surface area (TPSA) is 328 Å². The molecule has 0 aliphatic rings. The number of benzene rings is 2. The number of hydrogen-bond acceptors (Lipinski definition) is 15. The number of aliphatic carboxylic acids is 2. The number of nitrogens with two attached hydrogens (primary N) is 3. The smallest absolute Gasteiger partial charge is 0.408 e. The van der Waals surface area contributed by atoms with Crippen molar-refractivity contribution in [2.45, 2.75) is 134 Å². The molecule has 0 radical (unpaired) electrons. The lowest BCUT2D eigenvalue weighted by Crippen LogP contribution is -2.52. The van der Waals surface area contributed by atoms with E-state index < -0.39 is 72.4 Å². The van der Waals surface area contributed by atoms with E-state index in [2.05, 4.69) is 28.2 Å². The molecular formula is C43H69N7O12S2. The molecule has 0 saturated carbocycles. The molecule has 64 heavy (non-hydrogen) atoms. The second-order valence-corrected chi connectivity index (χ2v) is 17.4. The molecule has 0 spiro atoms. The lowest BCUT2D eigenvalue weighted by molar-refractivity contribution is -0.142. The van der Waals surface area contributed by atoms with Crippen LogP contribution >= 0.6 is 21.6 Å². The zero-order chi connectivity index (χ0) is 47.5. The van der Waals surface area contributed by atoms with Gasteiger partial charge in [-0.25, -0.2) is 14.4 Å². The van der Waals surface area contributed by atoms with Gasteiger partial charge in [-0.05, 0) is 82.0 Å². The Morgan fingerprint density at radius 2 is 1.03 bits per heavy atom. The van der Waals surface area contributed by atoms with Gasteiger partial charge in [0.15, 0.2) is 6.29 Å². The first-order valence-corrected chi connectivity index (χ1v) is 24.0. The maximum atomic E-state index is 13.3. The first kappa shape index (κ1) is 57.4. The predicted octanol–water partition coefficient (Wildman–Crippen LogP) is 3.34. The Labute approximate surface area is 383 Å². The van der Waals surface area contributed by atoms with E-state index in [0.29, 0.717) is 56.7 Å². The summed E-state index contributed by atoms with van der Waals surface area (Å²) in [5.41, 5.74) is 17.8. The molecule has 0 saturated heterocycles. The van der Waals surface area contributed by atoms with E-state index in [9.17, 15) is 44.1 Å². The van der Waals surface area contributed by atoms with E-state index in [1.165, 1.54) is 21.6 Å². The summed E-state index contributed by atoms with van der Waals surface area (Å²) in [7, 11) is 2.68. The third-order valence-corrected chi connectivity index (χ3v) is 11.8. The Bertz CT molecular complexity index is 1620. The number of carboxylic acid groups (broad SMARTS) is 2. The molecule has 14 N–H and O–H groups in total. The molecule has 2 rings (SSSR count). The number of aliphatic hydroxyl groups excluding tert-OH is 1. The molecule has 21 heteroatoms. The van der Waals surface area contributed by atoms with Crippen molar-refractivity contribution in [1.29, 1.82) is 0 Å². The van der Waals surface area contributed by atoms with Crippen molar-refractivity contribution in [3.63, 3.8) is 0 Å². The first-order valence-electron chi connectivity index (χ1n) is 21.5. The first-order chi connectivity index (χ1) is 30.7. The van der Waals surface area contributed by atoms with Crippen LogP contribution in [-0.2, 0) is 41.9 Å². The van der Waals surface area contributed by atoms with E-state index in [1.54, 1.807) is 48.5 Å². The molecule has 19 nitrogen and oxygen atoms in total. The molecule has 0 aliphatic carbocycles. The van der Waals surface area contributed by atoms with E-state index in [1.807, 2.05) is 12.1 Å². The highest BCUT2D eigenvalue weighted by atomic mass is 33.1. The van der Waals surface area contributed by atoms with Crippen LogP contribution < -0.4 is 38.5 Å². The van der Waals surface area contributed by atoms with Crippen molar-refractivity contribution >= 4 is 57.5 Å². The Morgan fingerprint density at radius 1 is 0.578 bits per heavy atom. The summed E-state index contributed by atoms with van der Waals surface area (Å²) in [6.07, 6.45) is 3.14. The Hall–Kier alpha value is -4.64. The van der Waals surface area contributed by atoms with Crippen molar-refractivity contribution in [3.05, 3.63) is 71.8 Å². The zero-order valence-corrected chi connectivity index (χ0v) is 38.2. The van der Waals surface area contributed by atoms with Gasteiger partial charge in [0.05, 0.1) is 6.04 Å². The fourth-order valence-corrected chi connectivity index (χ4v) is 7.83. The minimum absolute atomic E-state index is 0.0217. The maximum absolute atomic E-state index is 13.3. The van der Waals surface area contributed by atoms with Gasteiger partial charge >= 0.3 is 24.1 Å². The number of carbonyl (C=O) groups excluding carboxylic acids is 4. The molecule has 0 aliphatic heterocycles. The molecule has 0 aromatic heterocycles. The normalized spacial score (nSPS) is 13.2. The van der Waals surface area contributed by atoms with Crippen LogP contribution in [0.25, 0.3) is 0 Å². The minimum Gasteiger partial charge on any atom is -0.480 e. The summed E-state index contributed by atoms with van der Waals surface area (Å²) in [4.78, 5) is 73.8. The average molecular weight is 940 g/mol. The number of ether oxygens (including phenoxy) is 2. The molecule has 0 bridgehead atoms. The van der Waals surface area contributed by atoms with Crippen LogP contribution in [0.4, 0.5) is 9.59 Å². The third kappa shape index (κ3) is 27.5. The SMILES string of the molecule is CCCCCC(N)C(=O)O.NCCCCC(NC(=O)C(CCSSCCC(NC(=O)OCc1ccccc1)C(=O)NC(CCCCN)C(O)O)NC(=O)OCc1ccccc1)C(=O)O. The zero-order valence-electron chi connectivity index (χ0n) is 36.6. The van der Waals surface area contributed by atoms with Crippen LogP contribution in [0.1, 0.15) is 95.1 Å². The maximum Gasteiger partial charge on any atom is 0.408 e. The number of carbonyl (C=O) groups is 6. The quantitative estimate of drug-likeness (QED) is 0.0285. The molecule has 360 valence electrons. The average Bonchev–Trinajstić information content (AvgIpc) is 3.28. The van der Waals surface area contributed by atoms with Crippen LogP contribution in [0.15, 0.2) is 60.7 Å². The standard InChI is InChI=1S/C36H54N6O10S2.C7H15NO2/c37-19-9-7-15-29(33(45)46)39-31(43)27(41-35(49)51-23-25-11-3-1-4-12-25)17-21-53-54-22-18-28(32(44)40-30(34(47)48)16-8-10-20-38)42-36(50)52-24-26-13-5-2-6-14-26;1-2-3-4-5-6(8)7(9)10/h1-6,11-14,27-30,33,45-46H,7-10,15-24,37-38H2,(H,39,43)(H,40,44)(H,41,49)(H,42,50)(H,47,48);6H,2-5,8H2,1H3,(H,9,10). The fraction of sp³-hybridized carbons (Fsp3) is 0.581. The van der Waals surface area contributed by atoms with Crippen LogP contribution in [0, 0.1) is 0 Å². The summed E-state index contributed by atoms with van der Waals surface area (Å²) < 4.78 is 10.6. The van der Waals surface area contributed by atoms with Gasteiger partial charge < -0.3 is 68.4 Å². The monoisotopic (exact) mass is 939 g/mol. The van der Waals surface area contributed by atoms with E-state index in [0.717, 1.165) is 30.4 Å². The molecular weight excluding hydrogens is 871 g/mol. The predicted molar refractivity (Wildman–Crippen MR) is 247 cm³/mol. The van der Waals surface area contributed by atoms with Gasteiger partial charge in [0.1, 0.15) is 37.4 Å². The minimum atomic E-state index is -1.83. The van der Waals surface area contributed by atoms with E-state index in [4.69, 9.17) is 31.8 Å². The highest BCUT2D eigenvalue weighted by Crippen LogP contribution is 2.24. The molecule has 5 unspecified atom stereocenters. The van der Waals surface area contributed by atoms with Crippen LogP contribution in [0.5, 0.6) is 0 Å². The second kappa shape index (κ2) is 35.7. The number of nitrogens with one attached hydrogen (secondary N) is 4. The van der Waals surface area contributed by atoms with Crippen LogP contribution in [0.3, 0.4) is 0 Å². The van der Waals surface area contributed by atoms with Gasteiger partial charge in [-0.2, -0.15) is 0 Å². The number of unbranched alkanes of at least 4 members (excludes halogenated alkanes) is 4. The molecule has 4 amide bonds. The summed E-state index contributed by atoms with van der Waals surface area (Å²) in [6, 6.07) is 13.0. The Kier molecular flexibility index (Phi) is 32.0. The third-order valence-electron chi connectivity index (χ3n) is 9.36. The summed E-state index contributed by atoms with van der Waals surface area (Å²) >= 11 is 0. The molecule has 0 fully saturated rings. The van der Waals surface area contributed by atoms with Gasteiger partial charge in [-0.1, -0.05) is 108 Å². The van der Waals surface area contributed by atoms with E-state index in [-0.39, 0.29) is 38.9 Å². The van der Waals surface area contributed by atoms with E-state index >= 15 is 0 Å². The largest absolute Gasteiger partial charge is 0.480 e. The number of alkyl carbamates (subject to hydrolysis) is 2. The molecule has 2 aromatic carbocycles. The van der Waals surface area contributed by atoms with Crippen LogP contribution in [0.2, 0.25) is 0 Å². The number of hydrogen-bond donors (Lipinski definition) is 11. The van der Waals surface area contributed by atoms with Gasteiger partial charge in [0.2, 0.25) is 11.8 Å². The highest BCUT2D eigenvalue weighted by molar-refractivity contribution is 8.76. The van der Waals surface area contributed by atoms with Gasteiger partial charge in [0.25, 0.3) is 0 Å². The highest BCUT2D eigenvalue weighted by Gasteiger charge is 2.28.